The van der Waals surface area contributed by atoms with Gasteiger partial charge in [0.1, 0.15) is 23.1 Å². The summed E-state index contributed by atoms with van der Waals surface area (Å²) in [6, 6.07) is 8.36. The van der Waals surface area contributed by atoms with Gasteiger partial charge in [0.15, 0.2) is 0 Å². The number of aromatic nitrogens is 3. The summed E-state index contributed by atoms with van der Waals surface area (Å²) in [6.45, 7) is 7.01. The van der Waals surface area contributed by atoms with Crippen molar-refractivity contribution in [1.82, 2.24) is 20.1 Å². The van der Waals surface area contributed by atoms with E-state index < -0.39 is 21.7 Å². The van der Waals surface area contributed by atoms with Crippen molar-refractivity contribution in [3.8, 4) is 11.3 Å². The summed E-state index contributed by atoms with van der Waals surface area (Å²) in [5, 5.41) is 9.13. The van der Waals surface area contributed by atoms with Crippen LogP contribution in [0, 0.1) is 18.6 Å². The van der Waals surface area contributed by atoms with Crippen LogP contribution < -0.4 is 15.8 Å². The molecule has 0 amide bonds. The van der Waals surface area contributed by atoms with Crippen molar-refractivity contribution in [2.24, 2.45) is 0 Å². The van der Waals surface area contributed by atoms with Crippen molar-refractivity contribution in [3.05, 3.63) is 71.4 Å². The normalized spacial score (nSPS) is 17.7. The topological polar surface area (TPSA) is 124 Å². The van der Waals surface area contributed by atoms with Gasteiger partial charge in [-0.1, -0.05) is 12.1 Å². The van der Waals surface area contributed by atoms with Gasteiger partial charge in [0, 0.05) is 29.4 Å². The number of halogens is 2. The smallest absolute Gasteiger partial charge is 0.261 e. The number of nitrogens with one attached hydrogen (secondary N) is 2. The number of rotatable bonds is 8. The van der Waals surface area contributed by atoms with E-state index in [4.69, 9.17) is 15.6 Å². The Morgan fingerprint density at radius 2 is 1.88 bits per heavy atom. The fraction of sp³-hybridized carbons (Fsp3) is 0.355. The van der Waals surface area contributed by atoms with Crippen LogP contribution in [-0.2, 0) is 14.8 Å². The van der Waals surface area contributed by atoms with Gasteiger partial charge in [-0.3, -0.25) is 9.40 Å². The third-order valence-electron chi connectivity index (χ3n) is 8.04. The second kappa shape index (κ2) is 11.3. The van der Waals surface area contributed by atoms with E-state index in [1.807, 2.05) is 18.5 Å². The molecule has 2 aromatic heterocycles. The number of hydrogen-bond donors (Lipinski definition) is 3. The third-order valence-corrected chi connectivity index (χ3v) is 9.40. The van der Waals surface area contributed by atoms with Crippen LogP contribution in [0.3, 0.4) is 0 Å². The molecule has 4 aromatic rings. The number of nitrogen functional groups attached to an aromatic ring is 1. The third kappa shape index (κ3) is 5.62. The molecular formula is C31H34F2N6O3S. The maximum absolute atomic E-state index is 15.4. The minimum atomic E-state index is -4.15. The van der Waals surface area contributed by atoms with E-state index in [0.29, 0.717) is 28.7 Å². The first kappa shape index (κ1) is 29.2. The van der Waals surface area contributed by atoms with E-state index >= 15 is 4.39 Å². The van der Waals surface area contributed by atoms with Crippen molar-refractivity contribution in [1.29, 1.82) is 0 Å². The number of nitrogens with two attached hydrogens (primary N) is 1. The first-order valence-electron chi connectivity index (χ1n) is 14.3. The minimum absolute atomic E-state index is 0.0240. The Morgan fingerprint density at radius 3 is 2.51 bits per heavy atom. The summed E-state index contributed by atoms with van der Waals surface area (Å²) in [7, 11) is -4.15. The van der Waals surface area contributed by atoms with Crippen LogP contribution in [-0.4, -0.2) is 48.5 Å². The van der Waals surface area contributed by atoms with Crippen molar-refractivity contribution in [3.63, 3.8) is 0 Å². The number of hydrogen-bond acceptors (Lipinski definition) is 7. The highest BCUT2D eigenvalue weighted by Gasteiger charge is 2.27. The zero-order valence-corrected chi connectivity index (χ0v) is 25.0. The molecule has 12 heteroatoms. The molecular weight excluding hydrogens is 574 g/mol. The van der Waals surface area contributed by atoms with Gasteiger partial charge < -0.3 is 15.8 Å². The molecule has 1 fully saturated rings. The monoisotopic (exact) mass is 608 g/mol. The van der Waals surface area contributed by atoms with Gasteiger partial charge in [-0.15, -0.1) is 0 Å². The molecule has 0 bridgehead atoms. The van der Waals surface area contributed by atoms with Crippen molar-refractivity contribution < 1.29 is 21.9 Å². The number of aryl methyl sites for hydroxylation is 1. The number of pyridine rings is 1. The zero-order chi connectivity index (χ0) is 30.5. The second-order valence-corrected chi connectivity index (χ2v) is 13.2. The SMILES string of the molecule is Cc1cc(S(=O)(=O)Nc2ccc(-c3nn(C(C)C)c4c(C5=CC[C@H](NC6COC6)CC5)cnc(N)c34)cc2F)ccc1F. The van der Waals surface area contributed by atoms with Crippen LogP contribution in [0.4, 0.5) is 20.3 Å². The van der Waals surface area contributed by atoms with E-state index in [2.05, 4.69) is 21.1 Å². The van der Waals surface area contributed by atoms with Gasteiger partial charge in [-0.25, -0.2) is 22.2 Å². The molecule has 6 rings (SSSR count). The fourth-order valence-corrected chi connectivity index (χ4v) is 6.79. The quantitative estimate of drug-likeness (QED) is 0.239. The van der Waals surface area contributed by atoms with Crippen LogP contribution in [0.2, 0.25) is 0 Å². The molecule has 2 aromatic carbocycles. The summed E-state index contributed by atoms with van der Waals surface area (Å²) in [6.07, 6.45) is 6.77. The highest BCUT2D eigenvalue weighted by atomic mass is 32.2. The standard InChI is InChI=1S/C31H34F2N6O3S/c1-17(2)39-30-24(19-4-7-21(8-5-19)36-22-15-42-16-22)14-35-31(34)28(30)29(37-39)20-6-11-27(26(33)13-20)38-43(40,41)23-9-10-25(32)18(3)12-23/h4,6,9-14,17,21-22,36,38H,5,7-8,15-16H2,1-3H3,(H2,34,35)/t21-/m0/s1. The van der Waals surface area contributed by atoms with Gasteiger partial charge in [-0.05, 0) is 81.5 Å². The minimum Gasteiger partial charge on any atom is -0.383 e. The van der Waals surface area contributed by atoms with Gasteiger partial charge in [0.25, 0.3) is 10.0 Å². The van der Waals surface area contributed by atoms with Gasteiger partial charge in [0.2, 0.25) is 0 Å². The molecule has 1 saturated heterocycles. The molecule has 2 aliphatic rings. The number of benzene rings is 2. The molecule has 226 valence electrons. The van der Waals surface area contributed by atoms with E-state index in [0.717, 1.165) is 55.7 Å². The first-order chi connectivity index (χ1) is 20.5. The van der Waals surface area contributed by atoms with E-state index in [-0.39, 0.29) is 28.0 Å². The summed E-state index contributed by atoms with van der Waals surface area (Å²) in [5.74, 6) is -1.04. The molecule has 3 heterocycles. The maximum atomic E-state index is 15.4. The Hall–Kier alpha value is -3.87. The second-order valence-electron chi connectivity index (χ2n) is 11.5. The Kier molecular flexibility index (Phi) is 7.69. The molecule has 1 aliphatic heterocycles. The Balaban J connectivity index is 1.35. The van der Waals surface area contributed by atoms with Crippen LogP contribution >= 0.6 is 0 Å². The lowest BCUT2D eigenvalue weighted by Crippen LogP contribution is -2.50. The molecule has 1 aliphatic carbocycles. The maximum Gasteiger partial charge on any atom is 0.261 e. The number of allylic oxidation sites excluding steroid dienone is 1. The van der Waals surface area contributed by atoms with Crippen molar-refractivity contribution >= 4 is 38.0 Å². The summed E-state index contributed by atoms with van der Waals surface area (Å²) in [4.78, 5) is 4.34. The molecule has 4 N–H and O–H groups in total. The Morgan fingerprint density at radius 1 is 1.09 bits per heavy atom. The van der Waals surface area contributed by atoms with E-state index in [1.165, 1.54) is 30.7 Å². The van der Waals surface area contributed by atoms with Crippen LogP contribution in [0.1, 0.15) is 50.3 Å². The van der Waals surface area contributed by atoms with Crippen molar-refractivity contribution in [2.75, 3.05) is 23.7 Å². The largest absolute Gasteiger partial charge is 0.383 e. The lowest BCUT2D eigenvalue weighted by molar-refractivity contribution is -0.0103. The fourth-order valence-electron chi connectivity index (χ4n) is 5.63. The molecule has 0 saturated carbocycles. The number of sulfonamides is 1. The van der Waals surface area contributed by atoms with E-state index in [1.54, 1.807) is 12.3 Å². The zero-order valence-electron chi connectivity index (χ0n) is 24.2. The average molecular weight is 609 g/mol. The van der Waals surface area contributed by atoms with Crippen LogP contribution in [0.25, 0.3) is 27.7 Å². The van der Waals surface area contributed by atoms with Gasteiger partial charge >= 0.3 is 0 Å². The number of nitrogens with zero attached hydrogens (tertiary/aromatic N) is 3. The highest BCUT2D eigenvalue weighted by molar-refractivity contribution is 7.92. The number of anilines is 2. The summed E-state index contributed by atoms with van der Waals surface area (Å²) >= 11 is 0. The lowest BCUT2D eigenvalue weighted by atomic mass is 9.89. The molecule has 43 heavy (non-hydrogen) atoms. The molecule has 0 unspecified atom stereocenters. The Bertz CT molecular complexity index is 1850. The predicted octanol–water partition coefficient (Wildman–Crippen LogP) is 5.57. The highest BCUT2D eigenvalue weighted by Crippen LogP contribution is 2.40. The van der Waals surface area contributed by atoms with Crippen molar-refractivity contribution in [2.45, 2.75) is 63.1 Å². The number of fused-ring (bicyclic) bond motifs is 1. The number of ether oxygens (including phenoxy) is 1. The van der Waals surface area contributed by atoms with Gasteiger partial charge in [-0.2, -0.15) is 5.10 Å². The predicted molar refractivity (Wildman–Crippen MR) is 163 cm³/mol. The summed E-state index contributed by atoms with van der Waals surface area (Å²) in [5.41, 5.74) is 10.2. The molecule has 0 spiro atoms. The van der Waals surface area contributed by atoms with Gasteiger partial charge in [0.05, 0.1) is 40.7 Å². The van der Waals surface area contributed by atoms with Crippen LogP contribution in [0.5, 0.6) is 0 Å². The van der Waals surface area contributed by atoms with E-state index in [9.17, 15) is 12.8 Å². The Labute approximate surface area is 249 Å². The lowest BCUT2D eigenvalue weighted by Gasteiger charge is -2.33. The molecule has 9 nitrogen and oxygen atoms in total. The first-order valence-corrected chi connectivity index (χ1v) is 15.8. The van der Waals surface area contributed by atoms with Crippen LogP contribution in [0.15, 0.2) is 53.6 Å². The average Bonchev–Trinajstić information content (AvgIpc) is 3.36. The molecule has 0 radical (unpaired) electrons. The summed E-state index contributed by atoms with van der Waals surface area (Å²) < 4.78 is 64.3. The molecule has 1 atom stereocenters.